The molecule has 9 nitrogen and oxygen atoms in total. The highest BCUT2D eigenvalue weighted by Crippen LogP contribution is 2.19. The van der Waals surface area contributed by atoms with Gasteiger partial charge in [-0.15, -0.1) is 0 Å². The minimum absolute atomic E-state index is 0.0949. The number of esters is 1. The van der Waals surface area contributed by atoms with Gasteiger partial charge in [-0.1, -0.05) is 18.2 Å². The quantitative estimate of drug-likeness (QED) is 0.591. The lowest BCUT2D eigenvalue weighted by Gasteiger charge is -2.31. The first-order chi connectivity index (χ1) is 14.6. The molecule has 0 aliphatic carbocycles. The van der Waals surface area contributed by atoms with Gasteiger partial charge in [0.25, 0.3) is 5.56 Å². The Hall–Kier alpha value is -3.49. The summed E-state index contributed by atoms with van der Waals surface area (Å²) in [6, 6.07) is 9.42. The first kappa shape index (κ1) is 19.8. The van der Waals surface area contributed by atoms with Gasteiger partial charge in [0.2, 0.25) is 5.91 Å². The number of likely N-dealkylation sites (tertiary alicyclic amines) is 1. The largest absolute Gasteiger partial charge is 0.466 e. The Bertz CT molecular complexity index is 1110. The summed E-state index contributed by atoms with van der Waals surface area (Å²) in [5, 5.41) is 4.63. The molecular formula is C21H23N5O4. The number of hydrogen-bond donors (Lipinski definition) is 0. The second kappa shape index (κ2) is 8.48. The summed E-state index contributed by atoms with van der Waals surface area (Å²) in [4.78, 5) is 43.4. The summed E-state index contributed by atoms with van der Waals surface area (Å²) >= 11 is 0. The van der Waals surface area contributed by atoms with Gasteiger partial charge in [0.1, 0.15) is 18.3 Å². The van der Waals surface area contributed by atoms with Crippen molar-refractivity contribution in [1.82, 2.24) is 24.2 Å². The number of carbonyl (C=O) groups excluding carboxylic acids is 2. The topological polar surface area (TPSA) is 99.3 Å². The zero-order valence-corrected chi connectivity index (χ0v) is 16.7. The Kier molecular flexibility index (Phi) is 5.60. The van der Waals surface area contributed by atoms with Gasteiger partial charge in [-0.3, -0.25) is 19.0 Å². The molecule has 30 heavy (non-hydrogen) atoms. The van der Waals surface area contributed by atoms with Gasteiger partial charge in [0.15, 0.2) is 5.65 Å². The Morgan fingerprint density at radius 3 is 2.60 bits per heavy atom. The van der Waals surface area contributed by atoms with Crippen LogP contribution in [0.2, 0.25) is 0 Å². The molecule has 0 unspecified atom stereocenters. The fraction of sp³-hybridized carbons (Fsp3) is 0.381. The van der Waals surface area contributed by atoms with Crippen molar-refractivity contribution in [3.05, 3.63) is 53.2 Å². The average molecular weight is 409 g/mol. The van der Waals surface area contributed by atoms with E-state index in [2.05, 4.69) is 10.1 Å². The highest BCUT2D eigenvalue weighted by atomic mass is 16.5. The predicted octanol–water partition coefficient (Wildman–Crippen LogP) is 1.38. The Balaban J connectivity index is 1.47. The fourth-order valence-corrected chi connectivity index (χ4v) is 3.69. The van der Waals surface area contributed by atoms with E-state index in [1.807, 2.05) is 30.3 Å². The highest BCUT2D eigenvalue weighted by molar-refractivity contribution is 5.78. The molecule has 1 amide bonds. The summed E-state index contributed by atoms with van der Waals surface area (Å²) in [7, 11) is 0. The monoisotopic (exact) mass is 409 g/mol. The second-order valence-corrected chi connectivity index (χ2v) is 7.21. The highest BCUT2D eigenvalue weighted by Gasteiger charge is 2.28. The number of rotatable bonds is 5. The summed E-state index contributed by atoms with van der Waals surface area (Å²) in [5.74, 6) is -0.541. The maximum Gasteiger partial charge on any atom is 0.309 e. The number of ether oxygens (including phenoxy) is 1. The van der Waals surface area contributed by atoms with E-state index in [-0.39, 0.29) is 29.9 Å². The summed E-state index contributed by atoms with van der Waals surface area (Å²) in [6.45, 7) is 2.99. The molecule has 3 heterocycles. The van der Waals surface area contributed by atoms with Crippen molar-refractivity contribution in [2.24, 2.45) is 5.92 Å². The van der Waals surface area contributed by atoms with Gasteiger partial charge >= 0.3 is 5.97 Å². The van der Waals surface area contributed by atoms with E-state index >= 15 is 0 Å². The first-order valence-electron chi connectivity index (χ1n) is 10.0. The van der Waals surface area contributed by atoms with Crippen LogP contribution < -0.4 is 5.56 Å². The Morgan fingerprint density at radius 1 is 1.17 bits per heavy atom. The summed E-state index contributed by atoms with van der Waals surface area (Å²) < 4.78 is 7.96. The number of piperidine rings is 1. The number of benzene rings is 1. The van der Waals surface area contributed by atoms with Crippen LogP contribution in [0.3, 0.4) is 0 Å². The third kappa shape index (κ3) is 3.83. The molecule has 9 heteroatoms. The normalized spacial score (nSPS) is 14.8. The SMILES string of the molecule is CCOC(=O)C1CCN(C(=O)Cn2cnc3c(cnn3-c3ccccc3)c2=O)CC1. The second-order valence-electron chi connectivity index (χ2n) is 7.21. The van der Waals surface area contributed by atoms with Crippen LogP contribution in [-0.4, -0.2) is 55.8 Å². The van der Waals surface area contributed by atoms with Gasteiger partial charge in [-0.05, 0) is 31.9 Å². The standard InChI is InChI=1S/C21H23N5O4/c1-2-30-21(29)15-8-10-24(11-9-15)18(27)13-25-14-22-19-17(20(25)28)12-23-26(19)16-6-4-3-5-7-16/h3-7,12,14-15H,2,8-11,13H2,1H3. The van der Waals surface area contributed by atoms with Crippen molar-refractivity contribution in [3.63, 3.8) is 0 Å². The molecule has 1 aliphatic rings. The minimum Gasteiger partial charge on any atom is -0.466 e. The van der Waals surface area contributed by atoms with E-state index in [0.29, 0.717) is 43.6 Å². The van der Waals surface area contributed by atoms with Gasteiger partial charge in [-0.2, -0.15) is 5.10 Å². The van der Waals surface area contributed by atoms with Gasteiger partial charge in [-0.25, -0.2) is 9.67 Å². The molecule has 4 rings (SSSR count). The van der Waals surface area contributed by atoms with Crippen LogP contribution in [0.15, 0.2) is 47.7 Å². The zero-order valence-electron chi connectivity index (χ0n) is 16.7. The number of amides is 1. The summed E-state index contributed by atoms with van der Waals surface area (Å²) in [5.41, 5.74) is 0.944. The number of carbonyl (C=O) groups is 2. The fourth-order valence-electron chi connectivity index (χ4n) is 3.69. The Morgan fingerprint density at radius 2 is 1.90 bits per heavy atom. The number of para-hydroxylation sites is 1. The lowest BCUT2D eigenvalue weighted by molar-refractivity contribution is -0.151. The molecule has 0 radical (unpaired) electrons. The van der Waals surface area contributed by atoms with E-state index in [1.54, 1.807) is 16.5 Å². The summed E-state index contributed by atoms with van der Waals surface area (Å²) in [6.07, 6.45) is 4.00. The van der Waals surface area contributed by atoms with Crippen molar-refractivity contribution in [1.29, 1.82) is 0 Å². The number of fused-ring (bicyclic) bond motifs is 1. The number of aromatic nitrogens is 4. The molecule has 0 spiro atoms. The Labute approximate surface area is 172 Å². The number of nitrogens with zero attached hydrogens (tertiary/aromatic N) is 5. The van der Waals surface area contributed by atoms with E-state index < -0.39 is 0 Å². The molecule has 1 aliphatic heterocycles. The molecule has 0 saturated carbocycles. The van der Waals surface area contributed by atoms with Crippen molar-refractivity contribution in [3.8, 4) is 5.69 Å². The molecule has 0 bridgehead atoms. The molecule has 1 fully saturated rings. The van der Waals surface area contributed by atoms with Crippen LogP contribution in [0.4, 0.5) is 0 Å². The van der Waals surface area contributed by atoms with E-state index in [9.17, 15) is 14.4 Å². The van der Waals surface area contributed by atoms with E-state index in [4.69, 9.17) is 4.74 Å². The smallest absolute Gasteiger partial charge is 0.309 e. The first-order valence-corrected chi connectivity index (χ1v) is 10.0. The van der Waals surface area contributed by atoms with Crippen LogP contribution in [0.5, 0.6) is 0 Å². The molecule has 156 valence electrons. The van der Waals surface area contributed by atoms with Crippen molar-refractivity contribution < 1.29 is 14.3 Å². The lowest BCUT2D eigenvalue weighted by atomic mass is 9.97. The van der Waals surface area contributed by atoms with Gasteiger partial charge in [0.05, 0.1) is 24.4 Å². The zero-order chi connectivity index (χ0) is 21.1. The minimum atomic E-state index is -0.308. The van der Waals surface area contributed by atoms with E-state index in [0.717, 1.165) is 5.69 Å². The van der Waals surface area contributed by atoms with Crippen LogP contribution in [0.1, 0.15) is 19.8 Å². The molecule has 0 atom stereocenters. The molecular weight excluding hydrogens is 386 g/mol. The molecule has 1 saturated heterocycles. The maximum absolute atomic E-state index is 12.8. The van der Waals surface area contributed by atoms with Crippen LogP contribution in [0.25, 0.3) is 16.7 Å². The maximum atomic E-state index is 12.8. The average Bonchev–Trinajstić information content (AvgIpc) is 3.21. The van der Waals surface area contributed by atoms with Gasteiger partial charge in [0, 0.05) is 13.1 Å². The predicted molar refractivity (Wildman–Crippen MR) is 109 cm³/mol. The molecule has 1 aromatic carbocycles. The third-order valence-electron chi connectivity index (χ3n) is 5.33. The van der Waals surface area contributed by atoms with Crippen LogP contribution in [0, 0.1) is 5.92 Å². The van der Waals surface area contributed by atoms with Crippen molar-refractivity contribution >= 4 is 22.9 Å². The molecule has 2 aromatic heterocycles. The van der Waals surface area contributed by atoms with Crippen molar-refractivity contribution in [2.75, 3.05) is 19.7 Å². The number of hydrogen-bond acceptors (Lipinski definition) is 6. The lowest BCUT2D eigenvalue weighted by Crippen LogP contribution is -2.43. The van der Waals surface area contributed by atoms with Crippen LogP contribution in [-0.2, 0) is 20.9 Å². The van der Waals surface area contributed by atoms with Crippen LogP contribution >= 0.6 is 0 Å². The van der Waals surface area contributed by atoms with Crippen molar-refractivity contribution in [2.45, 2.75) is 26.3 Å². The molecule has 0 N–H and O–H groups in total. The van der Waals surface area contributed by atoms with E-state index in [1.165, 1.54) is 17.1 Å². The van der Waals surface area contributed by atoms with Gasteiger partial charge < -0.3 is 9.64 Å². The third-order valence-corrected chi connectivity index (χ3v) is 5.33. The molecule has 3 aromatic rings.